The van der Waals surface area contributed by atoms with Gasteiger partial charge >= 0.3 is 0 Å². The summed E-state index contributed by atoms with van der Waals surface area (Å²) in [7, 11) is 0.471. The maximum atomic E-state index is 12.7. The number of carbonyl (C=O) groups excluding carboxylic acids is 1. The molecule has 1 amide bonds. The molecule has 1 aromatic carbocycles. The summed E-state index contributed by atoms with van der Waals surface area (Å²) in [4.78, 5) is 11.5. The molecule has 5 heteroatoms. The molecule has 80 valence electrons. The van der Waals surface area contributed by atoms with Crippen LogP contribution in [0.15, 0.2) is 30.3 Å². The number of amides is 1. The van der Waals surface area contributed by atoms with Gasteiger partial charge in [0, 0.05) is 12.4 Å². The van der Waals surface area contributed by atoms with E-state index in [1.54, 1.807) is 30.9 Å². The zero-order valence-corrected chi connectivity index (χ0v) is 9.65. The van der Waals surface area contributed by atoms with Crippen LogP contribution in [0, 0.1) is 0 Å². The van der Waals surface area contributed by atoms with Gasteiger partial charge in [0.25, 0.3) is 7.44 Å². The predicted octanol–water partition coefficient (Wildman–Crippen LogP) is 0.909. The van der Waals surface area contributed by atoms with Crippen molar-refractivity contribution in [2.75, 3.05) is 20.6 Å². The largest absolute Gasteiger partial charge is 0.280 e. The van der Waals surface area contributed by atoms with Crippen molar-refractivity contribution in [3.8, 4) is 0 Å². The standard InChI is InChI=1S/C10H13N2O2P/c1-11-8-10(13)12(2)15(11,14)9-6-4-3-5-7-9/h3-7H,8H2,1-2H3/t15-/m0/s1. The molecule has 2 rings (SSSR count). The summed E-state index contributed by atoms with van der Waals surface area (Å²) in [5.41, 5.74) is 0. The number of nitrogens with zero attached hydrogens (tertiary/aromatic N) is 2. The quantitative estimate of drug-likeness (QED) is 0.666. The first kappa shape index (κ1) is 10.4. The van der Waals surface area contributed by atoms with Gasteiger partial charge in [-0.05, 0) is 19.2 Å². The van der Waals surface area contributed by atoms with Crippen LogP contribution in [0.3, 0.4) is 0 Å². The van der Waals surface area contributed by atoms with Crippen molar-refractivity contribution >= 4 is 18.7 Å². The Balaban J connectivity index is 2.51. The highest BCUT2D eigenvalue weighted by Crippen LogP contribution is 2.53. The molecule has 0 N–H and O–H groups in total. The minimum Gasteiger partial charge on any atom is -0.280 e. The number of hydrogen-bond acceptors (Lipinski definition) is 2. The Morgan fingerprint density at radius 2 is 1.80 bits per heavy atom. The van der Waals surface area contributed by atoms with E-state index >= 15 is 0 Å². The summed E-state index contributed by atoms with van der Waals surface area (Å²) in [6.07, 6.45) is 0. The van der Waals surface area contributed by atoms with E-state index < -0.39 is 7.44 Å². The minimum atomic E-state index is -2.84. The van der Waals surface area contributed by atoms with Crippen molar-refractivity contribution in [2.24, 2.45) is 0 Å². The van der Waals surface area contributed by atoms with Gasteiger partial charge in [0.05, 0.1) is 6.54 Å². The molecule has 15 heavy (non-hydrogen) atoms. The van der Waals surface area contributed by atoms with E-state index in [2.05, 4.69) is 0 Å². The Morgan fingerprint density at radius 3 is 2.27 bits per heavy atom. The third kappa shape index (κ3) is 1.41. The van der Waals surface area contributed by atoms with Crippen LogP contribution in [0.2, 0.25) is 0 Å². The van der Waals surface area contributed by atoms with Crippen LogP contribution >= 0.6 is 7.44 Å². The molecule has 0 unspecified atom stereocenters. The first-order valence-electron chi connectivity index (χ1n) is 4.71. The molecule has 1 aliphatic heterocycles. The number of likely N-dealkylation sites (N-methyl/N-ethyl adjacent to an activating group) is 2. The van der Waals surface area contributed by atoms with Crippen LogP contribution in [0.4, 0.5) is 0 Å². The second-order valence-corrected chi connectivity index (χ2v) is 6.50. The maximum Gasteiger partial charge on any atom is 0.271 e. The average Bonchev–Trinajstić information content (AvgIpc) is 2.45. The maximum absolute atomic E-state index is 12.7. The van der Waals surface area contributed by atoms with Gasteiger partial charge in [0.1, 0.15) is 0 Å². The van der Waals surface area contributed by atoms with Crippen LogP contribution in [0.5, 0.6) is 0 Å². The molecule has 1 aromatic rings. The molecular weight excluding hydrogens is 211 g/mol. The predicted molar refractivity (Wildman–Crippen MR) is 59.1 cm³/mol. The lowest BCUT2D eigenvalue weighted by molar-refractivity contribution is -0.123. The third-order valence-corrected chi connectivity index (χ3v) is 5.76. The first-order valence-corrected chi connectivity index (χ1v) is 6.32. The lowest BCUT2D eigenvalue weighted by Crippen LogP contribution is -2.23. The normalized spacial score (nSPS) is 27.3. The Kier molecular flexibility index (Phi) is 2.41. The average molecular weight is 224 g/mol. The van der Waals surface area contributed by atoms with E-state index in [0.29, 0.717) is 5.30 Å². The van der Waals surface area contributed by atoms with Gasteiger partial charge in [-0.25, -0.2) is 4.67 Å². The summed E-state index contributed by atoms with van der Waals surface area (Å²) >= 11 is 0. The van der Waals surface area contributed by atoms with Crippen LogP contribution in [0.25, 0.3) is 0 Å². The van der Waals surface area contributed by atoms with Gasteiger partial charge in [-0.15, -0.1) is 0 Å². The first-order chi connectivity index (χ1) is 7.06. The van der Waals surface area contributed by atoms with Gasteiger partial charge in [0.2, 0.25) is 5.91 Å². The summed E-state index contributed by atoms with van der Waals surface area (Å²) in [5, 5.41) is 0.709. The summed E-state index contributed by atoms with van der Waals surface area (Å²) in [6.45, 7) is 0.225. The van der Waals surface area contributed by atoms with Crippen LogP contribution in [0.1, 0.15) is 0 Å². The van der Waals surface area contributed by atoms with Crippen molar-refractivity contribution in [2.45, 2.75) is 0 Å². The number of benzene rings is 1. The molecule has 1 heterocycles. The molecular formula is C10H13N2O2P. The fourth-order valence-electron chi connectivity index (χ4n) is 1.77. The molecule has 0 radical (unpaired) electrons. The van der Waals surface area contributed by atoms with Gasteiger partial charge in [-0.2, -0.15) is 0 Å². The lowest BCUT2D eigenvalue weighted by Gasteiger charge is -2.24. The molecule has 4 nitrogen and oxygen atoms in total. The van der Waals surface area contributed by atoms with E-state index in [4.69, 9.17) is 0 Å². The fraction of sp³-hybridized carbons (Fsp3) is 0.300. The van der Waals surface area contributed by atoms with Crippen molar-refractivity contribution < 1.29 is 9.36 Å². The Labute approximate surface area is 89.0 Å². The topological polar surface area (TPSA) is 40.6 Å². The Bertz CT molecular complexity index is 432. The minimum absolute atomic E-state index is 0.0929. The zero-order valence-electron chi connectivity index (χ0n) is 8.75. The van der Waals surface area contributed by atoms with Gasteiger partial charge in [0.15, 0.2) is 0 Å². The van der Waals surface area contributed by atoms with Crippen LogP contribution < -0.4 is 5.30 Å². The number of carbonyl (C=O) groups is 1. The summed E-state index contributed by atoms with van der Waals surface area (Å²) in [5.74, 6) is -0.0929. The lowest BCUT2D eigenvalue weighted by atomic mass is 10.4. The molecule has 0 saturated carbocycles. The number of rotatable bonds is 1. The number of hydrogen-bond donors (Lipinski definition) is 0. The van der Waals surface area contributed by atoms with Crippen molar-refractivity contribution in [1.29, 1.82) is 0 Å². The Morgan fingerprint density at radius 1 is 1.20 bits per heavy atom. The molecule has 1 atom stereocenters. The summed E-state index contributed by atoms with van der Waals surface area (Å²) in [6, 6.07) is 9.13. The van der Waals surface area contributed by atoms with E-state index in [1.165, 1.54) is 4.67 Å². The van der Waals surface area contributed by atoms with Crippen molar-refractivity contribution in [3.05, 3.63) is 30.3 Å². The van der Waals surface area contributed by atoms with E-state index in [9.17, 15) is 9.36 Å². The van der Waals surface area contributed by atoms with Crippen LogP contribution in [-0.4, -0.2) is 35.9 Å². The van der Waals surface area contributed by atoms with E-state index in [-0.39, 0.29) is 12.5 Å². The second-order valence-electron chi connectivity index (χ2n) is 3.61. The van der Waals surface area contributed by atoms with Crippen molar-refractivity contribution in [3.63, 3.8) is 0 Å². The highest BCUT2D eigenvalue weighted by molar-refractivity contribution is 7.68. The molecule has 0 spiro atoms. The molecule has 1 fully saturated rings. The van der Waals surface area contributed by atoms with E-state index in [1.807, 2.05) is 18.2 Å². The van der Waals surface area contributed by atoms with E-state index in [0.717, 1.165) is 0 Å². The monoisotopic (exact) mass is 224 g/mol. The molecule has 1 aliphatic rings. The second kappa shape index (κ2) is 3.47. The van der Waals surface area contributed by atoms with Gasteiger partial charge < -0.3 is 0 Å². The highest BCUT2D eigenvalue weighted by Gasteiger charge is 2.44. The Hall–Kier alpha value is -1.12. The fourth-order valence-corrected chi connectivity index (χ4v) is 4.20. The zero-order chi connectivity index (χ0) is 11.1. The molecule has 1 saturated heterocycles. The highest BCUT2D eigenvalue weighted by atomic mass is 31.2. The van der Waals surface area contributed by atoms with Gasteiger partial charge in [-0.3, -0.25) is 14.0 Å². The van der Waals surface area contributed by atoms with Crippen molar-refractivity contribution in [1.82, 2.24) is 9.34 Å². The smallest absolute Gasteiger partial charge is 0.271 e. The SMILES string of the molecule is CN1CC(=O)N(C)[P@]1(=O)c1ccccc1. The molecule has 0 bridgehead atoms. The summed E-state index contributed by atoms with van der Waals surface area (Å²) < 4.78 is 15.7. The van der Waals surface area contributed by atoms with Crippen LogP contribution in [-0.2, 0) is 9.36 Å². The molecule has 0 aromatic heterocycles. The van der Waals surface area contributed by atoms with Gasteiger partial charge in [-0.1, -0.05) is 18.2 Å². The molecule has 0 aliphatic carbocycles. The third-order valence-electron chi connectivity index (χ3n) is 2.69.